The lowest BCUT2D eigenvalue weighted by Gasteiger charge is -2.21. The second-order valence-corrected chi connectivity index (χ2v) is 8.70. The predicted molar refractivity (Wildman–Crippen MR) is 128 cm³/mol. The van der Waals surface area contributed by atoms with Gasteiger partial charge in [-0.2, -0.15) is 0 Å². The molecular weight excluding hydrogens is 421 g/mol. The Morgan fingerprint density at radius 3 is 2.73 bits per heavy atom. The Hall–Kier alpha value is -3.65. The topological polar surface area (TPSA) is 87.5 Å². The van der Waals surface area contributed by atoms with Crippen molar-refractivity contribution >= 4 is 33.5 Å². The molecule has 0 unspecified atom stereocenters. The van der Waals surface area contributed by atoms with Crippen LogP contribution in [0, 0.1) is 5.82 Å². The van der Waals surface area contributed by atoms with Crippen molar-refractivity contribution < 1.29 is 13.9 Å². The maximum Gasteiger partial charge on any atom is 0.250 e. The summed E-state index contributed by atoms with van der Waals surface area (Å²) in [4.78, 5) is 25.0. The first-order chi connectivity index (χ1) is 15.9. The summed E-state index contributed by atoms with van der Waals surface area (Å²) >= 11 is 0. The number of hydrogen-bond acceptors (Lipinski definition) is 5. The van der Waals surface area contributed by atoms with Crippen molar-refractivity contribution in [2.24, 2.45) is 5.73 Å². The van der Waals surface area contributed by atoms with Crippen LogP contribution in [0.1, 0.15) is 16.8 Å². The van der Waals surface area contributed by atoms with Crippen molar-refractivity contribution in [3.05, 3.63) is 53.8 Å². The molecule has 0 saturated carbocycles. The summed E-state index contributed by atoms with van der Waals surface area (Å²) in [7, 11) is 5.63. The van der Waals surface area contributed by atoms with E-state index in [1.807, 2.05) is 6.07 Å². The highest BCUT2D eigenvalue weighted by Crippen LogP contribution is 2.34. The molecule has 1 fully saturated rings. The minimum atomic E-state index is -0.571. The molecule has 1 atom stereocenters. The fourth-order valence-electron chi connectivity index (χ4n) is 4.61. The molecule has 1 amide bonds. The van der Waals surface area contributed by atoms with Crippen LogP contribution in [0.5, 0.6) is 5.75 Å². The second-order valence-electron chi connectivity index (χ2n) is 8.70. The fourth-order valence-corrected chi connectivity index (χ4v) is 4.61. The zero-order chi connectivity index (χ0) is 23.3. The van der Waals surface area contributed by atoms with Crippen molar-refractivity contribution in [3.63, 3.8) is 0 Å². The van der Waals surface area contributed by atoms with Gasteiger partial charge in [0.05, 0.1) is 34.9 Å². The van der Waals surface area contributed by atoms with E-state index in [4.69, 9.17) is 15.5 Å². The normalized spacial score (nSPS) is 16.3. The number of aromatic nitrogens is 2. The SMILES string of the molecule is COc1ccc(-c2cc(C(N)=O)c3[nH]c4cc(N5CC[C@@H](N(C)C)C5)ccc4c3n2)cc1F. The predicted octanol–water partition coefficient (Wildman–Crippen LogP) is 3.77. The largest absolute Gasteiger partial charge is 0.494 e. The minimum absolute atomic E-state index is 0.146. The molecule has 8 heteroatoms. The van der Waals surface area contributed by atoms with Gasteiger partial charge >= 0.3 is 0 Å². The van der Waals surface area contributed by atoms with E-state index in [9.17, 15) is 9.18 Å². The number of amides is 1. The molecule has 3 N–H and O–H groups in total. The quantitative estimate of drug-likeness (QED) is 0.486. The highest BCUT2D eigenvalue weighted by Gasteiger charge is 2.25. The summed E-state index contributed by atoms with van der Waals surface area (Å²) in [6, 6.07) is 12.9. The van der Waals surface area contributed by atoms with Gasteiger partial charge in [0.15, 0.2) is 11.6 Å². The Morgan fingerprint density at radius 1 is 1.24 bits per heavy atom. The van der Waals surface area contributed by atoms with Gasteiger partial charge in [-0.1, -0.05) is 0 Å². The van der Waals surface area contributed by atoms with Gasteiger partial charge in [0.25, 0.3) is 5.91 Å². The van der Waals surface area contributed by atoms with E-state index in [2.05, 4.69) is 41.0 Å². The summed E-state index contributed by atoms with van der Waals surface area (Å²) in [6.45, 7) is 1.96. The number of primary amides is 1. The zero-order valence-corrected chi connectivity index (χ0v) is 18.9. The molecule has 1 saturated heterocycles. The number of pyridine rings is 1. The summed E-state index contributed by atoms with van der Waals surface area (Å²) in [6.07, 6.45) is 1.12. The second kappa shape index (κ2) is 8.04. The van der Waals surface area contributed by atoms with E-state index in [0.29, 0.717) is 33.9 Å². The Balaban J connectivity index is 1.62. The van der Waals surface area contributed by atoms with Gasteiger partial charge < -0.3 is 25.3 Å². The number of carbonyl (C=O) groups excluding carboxylic acids is 1. The minimum Gasteiger partial charge on any atom is -0.494 e. The number of methoxy groups -OCH3 is 1. The molecule has 5 rings (SSSR count). The Kier molecular flexibility index (Phi) is 5.17. The number of ether oxygens (including phenoxy) is 1. The number of nitrogens with one attached hydrogen (secondary N) is 1. The van der Waals surface area contributed by atoms with Crippen LogP contribution in [0.3, 0.4) is 0 Å². The van der Waals surface area contributed by atoms with Crippen LogP contribution in [-0.4, -0.2) is 61.1 Å². The standard InChI is InChI=1S/C25H26FN5O2/c1-30(2)16-8-9-31(13-16)15-5-6-17-21(11-15)29-24-18(25(27)32)12-20(28-23(17)24)14-4-7-22(33-3)19(26)10-14/h4-7,10-12,16,29H,8-9,13H2,1-3H3,(H2,27,32)/t16-/m1/s1. The monoisotopic (exact) mass is 447 g/mol. The first-order valence-electron chi connectivity index (χ1n) is 10.9. The molecule has 0 bridgehead atoms. The summed E-state index contributed by atoms with van der Waals surface area (Å²) in [5.41, 5.74) is 10.2. The number of fused-ring (bicyclic) bond motifs is 3. The van der Waals surface area contributed by atoms with Crippen molar-refractivity contribution in [2.45, 2.75) is 12.5 Å². The van der Waals surface area contributed by atoms with Crippen LogP contribution in [0.15, 0.2) is 42.5 Å². The summed E-state index contributed by atoms with van der Waals surface area (Å²) < 4.78 is 19.3. The van der Waals surface area contributed by atoms with Crippen LogP contribution in [0.2, 0.25) is 0 Å². The molecule has 3 heterocycles. The number of hydrogen-bond donors (Lipinski definition) is 2. The van der Waals surface area contributed by atoms with Crippen molar-refractivity contribution in [3.8, 4) is 17.0 Å². The van der Waals surface area contributed by atoms with E-state index < -0.39 is 11.7 Å². The van der Waals surface area contributed by atoms with Crippen molar-refractivity contribution in [1.29, 1.82) is 0 Å². The maximum absolute atomic E-state index is 14.3. The molecule has 1 aliphatic rings. The molecule has 170 valence electrons. The lowest BCUT2D eigenvalue weighted by molar-refractivity contribution is 0.100. The Morgan fingerprint density at radius 2 is 2.06 bits per heavy atom. The van der Waals surface area contributed by atoms with Crippen LogP contribution >= 0.6 is 0 Å². The number of anilines is 1. The van der Waals surface area contributed by atoms with Gasteiger partial charge in [0.2, 0.25) is 0 Å². The van der Waals surface area contributed by atoms with E-state index >= 15 is 0 Å². The number of carbonyl (C=O) groups is 1. The number of nitrogens with two attached hydrogens (primary N) is 1. The third-order valence-electron chi connectivity index (χ3n) is 6.51. The average molecular weight is 448 g/mol. The zero-order valence-electron chi connectivity index (χ0n) is 18.9. The third kappa shape index (κ3) is 3.66. The summed E-state index contributed by atoms with van der Waals surface area (Å²) in [5, 5.41) is 0.885. The van der Waals surface area contributed by atoms with Crippen LogP contribution < -0.4 is 15.4 Å². The number of benzene rings is 2. The molecule has 2 aromatic heterocycles. The molecule has 7 nitrogen and oxygen atoms in total. The van der Waals surface area contributed by atoms with E-state index in [1.165, 1.54) is 13.2 Å². The van der Waals surface area contributed by atoms with Crippen LogP contribution in [0.4, 0.5) is 10.1 Å². The van der Waals surface area contributed by atoms with Gasteiger partial charge in [-0.25, -0.2) is 9.37 Å². The highest BCUT2D eigenvalue weighted by atomic mass is 19.1. The summed E-state index contributed by atoms with van der Waals surface area (Å²) in [5.74, 6) is -0.923. The number of nitrogens with zero attached hydrogens (tertiary/aromatic N) is 3. The third-order valence-corrected chi connectivity index (χ3v) is 6.51. The maximum atomic E-state index is 14.3. The van der Waals surface area contributed by atoms with Gasteiger partial charge in [0, 0.05) is 35.8 Å². The van der Waals surface area contributed by atoms with E-state index in [0.717, 1.165) is 36.1 Å². The molecule has 0 spiro atoms. The fraction of sp³-hybridized carbons (Fsp3) is 0.280. The molecule has 2 aromatic carbocycles. The van der Waals surface area contributed by atoms with Gasteiger partial charge in [-0.15, -0.1) is 0 Å². The number of H-pyrrole nitrogens is 1. The molecule has 1 aliphatic heterocycles. The molecule has 0 aliphatic carbocycles. The molecule has 4 aromatic rings. The Labute approximate surface area is 190 Å². The van der Waals surface area contributed by atoms with Gasteiger partial charge in [-0.3, -0.25) is 4.79 Å². The van der Waals surface area contributed by atoms with Gasteiger partial charge in [0.1, 0.15) is 0 Å². The van der Waals surface area contributed by atoms with E-state index in [1.54, 1.807) is 18.2 Å². The smallest absolute Gasteiger partial charge is 0.250 e. The lowest BCUT2D eigenvalue weighted by atomic mass is 10.1. The average Bonchev–Trinajstić information content (AvgIpc) is 3.43. The molecular formula is C25H26FN5O2. The van der Waals surface area contributed by atoms with Gasteiger partial charge in [-0.05, 0) is 63.0 Å². The van der Waals surface area contributed by atoms with Crippen molar-refractivity contribution in [1.82, 2.24) is 14.9 Å². The van der Waals surface area contributed by atoms with Crippen molar-refractivity contribution in [2.75, 3.05) is 39.2 Å². The van der Waals surface area contributed by atoms with Crippen LogP contribution in [-0.2, 0) is 0 Å². The highest BCUT2D eigenvalue weighted by molar-refractivity contribution is 6.14. The number of likely N-dealkylation sites (N-methyl/N-ethyl adjacent to an activating group) is 1. The lowest BCUT2D eigenvalue weighted by Crippen LogP contribution is -2.31. The molecule has 0 radical (unpaired) electrons. The number of rotatable bonds is 5. The first-order valence-corrected chi connectivity index (χ1v) is 10.9. The number of halogens is 1. The molecule has 33 heavy (non-hydrogen) atoms. The van der Waals surface area contributed by atoms with Crippen LogP contribution in [0.25, 0.3) is 33.2 Å². The van der Waals surface area contributed by atoms with E-state index in [-0.39, 0.29) is 5.75 Å². The Bertz CT molecular complexity index is 1380. The number of aromatic amines is 1. The first kappa shape index (κ1) is 21.2.